The van der Waals surface area contributed by atoms with Crippen LogP contribution in [0.1, 0.15) is 5.69 Å². The summed E-state index contributed by atoms with van der Waals surface area (Å²) in [7, 11) is 0. The van der Waals surface area contributed by atoms with E-state index in [0.29, 0.717) is 13.1 Å². The van der Waals surface area contributed by atoms with Crippen LogP contribution in [0.2, 0.25) is 5.02 Å². The predicted octanol–water partition coefficient (Wildman–Crippen LogP) is 2.61. The van der Waals surface area contributed by atoms with E-state index in [9.17, 15) is 4.39 Å². The molecule has 90 valence electrons. The molecule has 0 aliphatic heterocycles. The first-order chi connectivity index (χ1) is 8.11. The molecule has 5 heteroatoms. The third kappa shape index (κ3) is 2.48. The number of benzene rings is 1. The van der Waals surface area contributed by atoms with Crippen molar-refractivity contribution in [2.45, 2.75) is 13.5 Å². The van der Waals surface area contributed by atoms with Crippen LogP contribution in [0.15, 0.2) is 24.3 Å². The zero-order valence-corrected chi connectivity index (χ0v) is 10.2. The molecule has 3 nitrogen and oxygen atoms in total. The van der Waals surface area contributed by atoms with E-state index in [-0.39, 0.29) is 5.02 Å². The van der Waals surface area contributed by atoms with Crippen LogP contribution in [0.4, 0.5) is 4.39 Å². The van der Waals surface area contributed by atoms with E-state index >= 15 is 0 Å². The summed E-state index contributed by atoms with van der Waals surface area (Å²) in [5.41, 5.74) is 8.16. The molecule has 17 heavy (non-hydrogen) atoms. The highest BCUT2D eigenvalue weighted by molar-refractivity contribution is 6.31. The fourth-order valence-electron chi connectivity index (χ4n) is 1.73. The van der Waals surface area contributed by atoms with Gasteiger partial charge in [0.1, 0.15) is 5.82 Å². The Hall–Kier alpha value is -1.39. The van der Waals surface area contributed by atoms with Gasteiger partial charge in [-0.15, -0.1) is 0 Å². The van der Waals surface area contributed by atoms with Crippen molar-refractivity contribution in [3.63, 3.8) is 0 Å². The van der Waals surface area contributed by atoms with Crippen LogP contribution >= 0.6 is 11.6 Å². The molecule has 0 atom stereocenters. The normalized spacial score (nSPS) is 10.8. The van der Waals surface area contributed by atoms with Gasteiger partial charge in [0, 0.05) is 12.1 Å². The molecule has 0 unspecified atom stereocenters. The highest BCUT2D eigenvalue weighted by atomic mass is 35.5. The van der Waals surface area contributed by atoms with Crippen molar-refractivity contribution in [1.82, 2.24) is 9.78 Å². The molecule has 0 saturated carbocycles. The summed E-state index contributed by atoms with van der Waals surface area (Å²) in [6, 6.07) is 6.57. The average Bonchev–Trinajstić information content (AvgIpc) is 2.64. The van der Waals surface area contributed by atoms with Gasteiger partial charge in [0.25, 0.3) is 0 Å². The lowest BCUT2D eigenvalue weighted by molar-refractivity contribution is 0.623. The summed E-state index contributed by atoms with van der Waals surface area (Å²) in [5, 5.41) is 4.44. The minimum Gasteiger partial charge on any atom is -0.329 e. The molecule has 2 rings (SSSR count). The van der Waals surface area contributed by atoms with Gasteiger partial charge in [-0.05, 0) is 31.2 Å². The van der Waals surface area contributed by atoms with Crippen LogP contribution < -0.4 is 5.73 Å². The molecule has 1 heterocycles. The molecule has 1 aromatic carbocycles. The number of hydrogen-bond donors (Lipinski definition) is 1. The zero-order chi connectivity index (χ0) is 12.4. The lowest BCUT2D eigenvalue weighted by atomic mass is 10.1. The number of nitrogens with two attached hydrogens (primary N) is 1. The molecule has 0 amide bonds. The summed E-state index contributed by atoms with van der Waals surface area (Å²) in [5.74, 6) is -0.419. The first-order valence-electron chi connectivity index (χ1n) is 5.32. The van der Waals surface area contributed by atoms with Crippen LogP contribution in [0.5, 0.6) is 0 Å². The Bertz CT molecular complexity index is 537. The maximum Gasteiger partial charge on any atom is 0.141 e. The van der Waals surface area contributed by atoms with Gasteiger partial charge in [-0.25, -0.2) is 4.39 Å². The van der Waals surface area contributed by atoms with Crippen molar-refractivity contribution in [2.75, 3.05) is 6.54 Å². The predicted molar refractivity (Wildman–Crippen MR) is 66.4 cm³/mol. The largest absolute Gasteiger partial charge is 0.329 e. The Morgan fingerprint density at radius 2 is 2.18 bits per heavy atom. The summed E-state index contributed by atoms with van der Waals surface area (Å²) in [6.45, 7) is 3.03. The van der Waals surface area contributed by atoms with Crippen molar-refractivity contribution in [1.29, 1.82) is 0 Å². The summed E-state index contributed by atoms with van der Waals surface area (Å²) in [6.07, 6.45) is 0. The van der Waals surface area contributed by atoms with E-state index < -0.39 is 5.82 Å². The summed E-state index contributed by atoms with van der Waals surface area (Å²) in [4.78, 5) is 0. The summed E-state index contributed by atoms with van der Waals surface area (Å²) < 4.78 is 14.9. The van der Waals surface area contributed by atoms with E-state index in [1.165, 1.54) is 6.07 Å². The molecule has 2 N–H and O–H groups in total. The van der Waals surface area contributed by atoms with Crippen molar-refractivity contribution < 1.29 is 4.39 Å². The fourth-order valence-corrected chi connectivity index (χ4v) is 1.91. The van der Waals surface area contributed by atoms with E-state index in [1.807, 2.05) is 13.0 Å². The smallest absolute Gasteiger partial charge is 0.141 e. The lowest BCUT2D eigenvalue weighted by Crippen LogP contribution is -2.12. The van der Waals surface area contributed by atoms with Gasteiger partial charge in [-0.3, -0.25) is 4.68 Å². The number of aryl methyl sites for hydroxylation is 1. The Morgan fingerprint density at radius 1 is 1.41 bits per heavy atom. The van der Waals surface area contributed by atoms with Crippen molar-refractivity contribution >= 4 is 11.6 Å². The first kappa shape index (κ1) is 12.1. The van der Waals surface area contributed by atoms with Gasteiger partial charge < -0.3 is 5.73 Å². The number of rotatable bonds is 3. The zero-order valence-electron chi connectivity index (χ0n) is 9.45. The topological polar surface area (TPSA) is 43.8 Å². The number of halogens is 2. The second-order valence-electron chi connectivity index (χ2n) is 3.81. The molecule has 0 saturated heterocycles. The molecule has 0 fully saturated rings. The third-order valence-electron chi connectivity index (χ3n) is 2.46. The van der Waals surface area contributed by atoms with E-state index in [1.54, 1.807) is 16.8 Å². The molecule has 0 aliphatic carbocycles. The molecular weight excluding hydrogens is 241 g/mol. The van der Waals surface area contributed by atoms with Gasteiger partial charge in [-0.1, -0.05) is 11.6 Å². The van der Waals surface area contributed by atoms with E-state index in [0.717, 1.165) is 17.0 Å². The maximum atomic E-state index is 13.1. The van der Waals surface area contributed by atoms with Crippen molar-refractivity contribution in [3.8, 4) is 11.3 Å². The second-order valence-corrected chi connectivity index (χ2v) is 4.22. The Labute approximate surface area is 104 Å². The SMILES string of the molecule is Cc1cc(-c2ccc(F)c(Cl)c2)n(CCN)n1. The molecule has 0 radical (unpaired) electrons. The average molecular weight is 254 g/mol. The number of aromatic nitrogens is 2. The minimum absolute atomic E-state index is 0.112. The molecule has 0 bridgehead atoms. The fraction of sp³-hybridized carbons (Fsp3) is 0.250. The van der Waals surface area contributed by atoms with E-state index in [2.05, 4.69) is 5.10 Å². The van der Waals surface area contributed by atoms with Crippen LogP contribution in [0, 0.1) is 12.7 Å². The standard InChI is InChI=1S/C12H13ClFN3/c1-8-6-12(17(16-8)5-4-15)9-2-3-11(14)10(13)7-9/h2-3,6-7H,4-5,15H2,1H3. The molecule has 0 spiro atoms. The van der Waals surface area contributed by atoms with Crippen molar-refractivity contribution in [3.05, 3.63) is 40.8 Å². The van der Waals surface area contributed by atoms with Gasteiger partial charge >= 0.3 is 0 Å². The second kappa shape index (κ2) is 4.85. The Kier molecular flexibility index (Phi) is 3.45. The van der Waals surface area contributed by atoms with Crippen LogP contribution in [0.25, 0.3) is 11.3 Å². The first-order valence-corrected chi connectivity index (χ1v) is 5.69. The van der Waals surface area contributed by atoms with Crippen LogP contribution in [-0.4, -0.2) is 16.3 Å². The Balaban J connectivity index is 2.47. The highest BCUT2D eigenvalue weighted by Crippen LogP contribution is 2.25. The Morgan fingerprint density at radius 3 is 2.82 bits per heavy atom. The van der Waals surface area contributed by atoms with E-state index in [4.69, 9.17) is 17.3 Å². The monoisotopic (exact) mass is 253 g/mol. The molecule has 2 aromatic rings. The van der Waals surface area contributed by atoms with Crippen molar-refractivity contribution in [2.24, 2.45) is 5.73 Å². The quantitative estimate of drug-likeness (QED) is 0.914. The third-order valence-corrected chi connectivity index (χ3v) is 2.75. The molecule has 0 aliphatic rings. The summed E-state index contributed by atoms with van der Waals surface area (Å²) >= 11 is 5.77. The molecule has 1 aromatic heterocycles. The van der Waals surface area contributed by atoms with Crippen LogP contribution in [0.3, 0.4) is 0 Å². The van der Waals surface area contributed by atoms with Gasteiger partial charge in [-0.2, -0.15) is 5.10 Å². The van der Waals surface area contributed by atoms with Gasteiger partial charge in [0.15, 0.2) is 0 Å². The van der Waals surface area contributed by atoms with Crippen LogP contribution in [-0.2, 0) is 6.54 Å². The maximum absolute atomic E-state index is 13.1. The number of nitrogens with zero attached hydrogens (tertiary/aromatic N) is 2. The molecular formula is C12H13ClFN3. The van der Waals surface area contributed by atoms with Gasteiger partial charge in [0.2, 0.25) is 0 Å². The lowest BCUT2D eigenvalue weighted by Gasteiger charge is -2.06. The highest BCUT2D eigenvalue weighted by Gasteiger charge is 2.09. The van der Waals surface area contributed by atoms with Gasteiger partial charge in [0.05, 0.1) is 23.0 Å². The minimum atomic E-state index is -0.419. The number of hydrogen-bond acceptors (Lipinski definition) is 2.